The molecule has 8 rings (SSSR count). The summed E-state index contributed by atoms with van der Waals surface area (Å²) in [5, 5.41) is 13.1. The predicted octanol–water partition coefficient (Wildman–Crippen LogP) is 3.49. The Hall–Kier alpha value is -5.28. The number of ether oxygens (including phenoxy) is 1. The van der Waals surface area contributed by atoms with E-state index < -0.39 is 65.3 Å². The molecule has 63 heavy (non-hydrogen) atoms. The van der Waals surface area contributed by atoms with E-state index in [0.29, 0.717) is 77.5 Å². The van der Waals surface area contributed by atoms with Gasteiger partial charge in [0.2, 0.25) is 35.4 Å². The van der Waals surface area contributed by atoms with Crippen LogP contribution in [0.1, 0.15) is 107 Å². The Morgan fingerprint density at radius 2 is 1.48 bits per heavy atom. The summed E-state index contributed by atoms with van der Waals surface area (Å²) < 4.78 is 5.94. The van der Waals surface area contributed by atoms with Gasteiger partial charge in [0.1, 0.15) is 35.7 Å². The van der Waals surface area contributed by atoms with Gasteiger partial charge in [0, 0.05) is 42.7 Å². The molecule has 7 atom stereocenters. The zero-order valence-electron chi connectivity index (χ0n) is 36.3. The van der Waals surface area contributed by atoms with Crippen molar-refractivity contribution in [1.82, 2.24) is 36.1 Å². The minimum atomic E-state index is -1.34. The van der Waals surface area contributed by atoms with E-state index in [-0.39, 0.29) is 43.7 Å². The number of fused-ring (bicyclic) bond motifs is 5. The lowest BCUT2D eigenvalue weighted by Gasteiger charge is -2.38. The summed E-state index contributed by atoms with van der Waals surface area (Å²) in [7, 11) is 0. The van der Waals surface area contributed by atoms with Crippen LogP contribution in [0.5, 0.6) is 0 Å². The Kier molecular flexibility index (Phi) is 14.1. The maximum absolute atomic E-state index is 14.9. The third-order valence-corrected chi connectivity index (χ3v) is 14.3. The molecule has 3 aliphatic heterocycles. The van der Waals surface area contributed by atoms with Crippen LogP contribution >= 0.6 is 0 Å². The number of rotatable bonds is 11. The van der Waals surface area contributed by atoms with E-state index >= 15 is 0 Å². The first-order chi connectivity index (χ1) is 30.7. The number of nitrogens with one attached hydrogen (secondary N) is 5. The Balaban J connectivity index is 1.11. The zero-order chi connectivity index (χ0) is 43.9. The van der Waals surface area contributed by atoms with Crippen LogP contribution in [-0.2, 0) is 46.5 Å². The van der Waals surface area contributed by atoms with Crippen molar-refractivity contribution >= 4 is 46.3 Å². The number of hydrogen-bond acceptors (Lipinski definition) is 8. The third-order valence-electron chi connectivity index (χ3n) is 14.3. The fourth-order valence-corrected chi connectivity index (χ4v) is 11.0. The first kappa shape index (κ1) is 44.3. The molecule has 3 aromatic rings. The van der Waals surface area contributed by atoms with Crippen LogP contribution in [0, 0.1) is 5.92 Å². The standard InChI is InChI=1S/C48H64N8O7/c49-24-21-37-45(60)55-25-12-20-40(55)46(61)56-39-19-7-4-15-32(39)28-41(56)44(59)51-36(18-8-11-26-63-30-31-13-2-1-3-14-31)43(58)54-48(22-9-10-23-48)47(62)53-38(42(57)52-37)27-33-29-50-35-17-6-5-16-34(33)35/h1-3,5-6,13-14,16-17,29,32,36-41,50H,4,7-12,15,18-28,30,49H2,(H,51,59)(H,52,57)(H,53,62)(H,54,58)/t32-,36+,37+,38+,39-,40-,41-/m1/s1. The predicted molar refractivity (Wildman–Crippen MR) is 236 cm³/mol. The lowest BCUT2D eigenvalue weighted by atomic mass is 9.84. The van der Waals surface area contributed by atoms with Gasteiger partial charge in [-0.3, -0.25) is 28.8 Å². The lowest BCUT2D eigenvalue weighted by molar-refractivity contribution is -0.150. The molecule has 15 heteroatoms. The molecule has 6 amide bonds. The molecule has 7 N–H and O–H groups in total. The molecule has 5 fully saturated rings. The maximum atomic E-state index is 14.9. The van der Waals surface area contributed by atoms with E-state index in [9.17, 15) is 28.8 Å². The molecule has 2 saturated carbocycles. The molecule has 3 saturated heterocycles. The molecule has 0 radical (unpaired) electrons. The molecule has 338 valence electrons. The number of nitrogens with two attached hydrogens (primary N) is 1. The van der Waals surface area contributed by atoms with Gasteiger partial charge >= 0.3 is 0 Å². The average molecular weight is 865 g/mol. The van der Waals surface area contributed by atoms with Crippen LogP contribution in [0.3, 0.4) is 0 Å². The van der Waals surface area contributed by atoms with Crippen molar-refractivity contribution in [1.29, 1.82) is 0 Å². The van der Waals surface area contributed by atoms with E-state index in [1.165, 1.54) is 0 Å². The Morgan fingerprint density at radius 1 is 0.714 bits per heavy atom. The Labute approximate surface area is 369 Å². The quantitative estimate of drug-likeness (QED) is 0.157. The molecule has 0 unspecified atom stereocenters. The minimum absolute atomic E-state index is 0.0950. The topological polar surface area (TPSA) is 208 Å². The van der Waals surface area contributed by atoms with E-state index in [2.05, 4.69) is 26.3 Å². The summed E-state index contributed by atoms with van der Waals surface area (Å²) in [5.41, 5.74) is 7.45. The van der Waals surface area contributed by atoms with Crippen molar-refractivity contribution in [3.05, 3.63) is 71.9 Å². The number of carbonyl (C=O) groups excluding carboxylic acids is 6. The first-order valence-corrected chi connectivity index (χ1v) is 23.4. The van der Waals surface area contributed by atoms with E-state index in [1.807, 2.05) is 60.8 Å². The number of amides is 6. The van der Waals surface area contributed by atoms with Gasteiger partial charge in [0.05, 0.1) is 6.61 Å². The molecular weight excluding hydrogens is 801 g/mol. The number of aromatic amines is 1. The van der Waals surface area contributed by atoms with Gasteiger partial charge in [-0.15, -0.1) is 0 Å². The van der Waals surface area contributed by atoms with Crippen LogP contribution in [0.4, 0.5) is 0 Å². The number of aromatic nitrogens is 1. The van der Waals surface area contributed by atoms with Crippen molar-refractivity contribution in [2.45, 2.75) is 151 Å². The Morgan fingerprint density at radius 3 is 2.29 bits per heavy atom. The van der Waals surface area contributed by atoms with Crippen LogP contribution in [0.2, 0.25) is 0 Å². The number of nitrogens with zero attached hydrogens (tertiary/aromatic N) is 2. The fourth-order valence-electron chi connectivity index (χ4n) is 11.0. The molecule has 0 bridgehead atoms. The summed E-state index contributed by atoms with van der Waals surface area (Å²) in [4.78, 5) is 94.7. The van der Waals surface area contributed by atoms with E-state index in [4.69, 9.17) is 10.5 Å². The molecule has 5 aliphatic rings. The highest BCUT2D eigenvalue weighted by atomic mass is 16.5. The molecule has 15 nitrogen and oxygen atoms in total. The fraction of sp³-hybridized carbons (Fsp3) is 0.583. The van der Waals surface area contributed by atoms with Crippen LogP contribution in [0.25, 0.3) is 10.9 Å². The Bertz CT molecular complexity index is 2120. The number of carbonyl (C=O) groups is 6. The zero-order valence-corrected chi connectivity index (χ0v) is 36.3. The second-order valence-electron chi connectivity index (χ2n) is 18.4. The summed E-state index contributed by atoms with van der Waals surface area (Å²) in [5.74, 6) is -2.48. The molecule has 1 spiro atoms. The minimum Gasteiger partial charge on any atom is -0.377 e. The van der Waals surface area contributed by atoms with Crippen molar-refractivity contribution in [3.63, 3.8) is 0 Å². The smallest absolute Gasteiger partial charge is 0.246 e. The number of H-pyrrole nitrogens is 1. The number of unbranched alkanes of at least 4 members (excludes halogenated alkanes) is 1. The third kappa shape index (κ3) is 9.79. The lowest BCUT2D eigenvalue weighted by Crippen LogP contribution is -2.65. The van der Waals surface area contributed by atoms with Gasteiger partial charge in [-0.2, -0.15) is 0 Å². The van der Waals surface area contributed by atoms with Crippen molar-refractivity contribution < 1.29 is 33.5 Å². The summed E-state index contributed by atoms with van der Waals surface area (Å²) in [6, 6.07) is 12.6. The van der Waals surface area contributed by atoms with Gasteiger partial charge in [0.15, 0.2) is 0 Å². The van der Waals surface area contributed by atoms with Crippen molar-refractivity contribution in [3.8, 4) is 0 Å². The molecule has 2 aliphatic carbocycles. The second-order valence-corrected chi connectivity index (χ2v) is 18.4. The molecular formula is C48H64N8O7. The van der Waals surface area contributed by atoms with Crippen LogP contribution in [0.15, 0.2) is 60.8 Å². The maximum Gasteiger partial charge on any atom is 0.246 e. The van der Waals surface area contributed by atoms with E-state index in [0.717, 1.165) is 47.7 Å². The summed E-state index contributed by atoms with van der Waals surface area (Å²) >= 11 is 0. The highest BCUT2D eigenvalue weighted by molar-refractivity contribution is 6.00. The summed E-state index contributed by atoms with van der Waals surface area (Å²) in [6.07, 6.45) is 10.6. The largest absolute Gasteiger partial charge is 0.377 e. The SMILES string of the molecule is NCC[C@@H]1NC(=O)[C@H](Cc2c[nH]c3ccccc23)NC(=O)C2(CCCC2)NC(=O)[C@H](CCCCOCc2ccccc2)NC(=O)[C@H]2C[C@H]3CCCC[C@H]3N2C(=O)[C@H]2CCCN2C1=O. The number of hydrogen-bond donors (Lipinski definition) is 6. The summed E-state index contributed by atoms with van der Waals surface area (Å²) in [6.45, 7) is 1.34. The van der Waals surface area contributed by atoms with Gasteiger partial charge in [-0.05, 0) is 100 Å². The van der Waals surface area contributed by atoms with Gasteiger partial charge in [-0.25, -0.2) is 0 Å². The first-order valence-electron chi connectivity index (χ1n) is 23.4. The van der Waals surface area contributed by atoms with Crippen LogP contribution in [-0.4, -0.2) is 112 Å². The molecule has 2 aromatic carbocycles. The average Bonchev–Trinajstić information content (AvgIpc) is 4.13. The monoisotopic (exact) mass is 864 g/mol. The molecule has 1 aromatic heterocycles. The molecule has 4 heterocycles. The number of para-hydroxylation sites is 1. The highest BCUT2D eigenvalue weighted by Crippen LogP contribution is 2.41. The van der Waals surface area contributed by atoms with Crippen LogP contribution < -0.4 is 27.0 Å². The van der Waals surface area contributed by atoms with Crippen molar-refractivity contribution in [2.75, 3.05) is 19.7 Å². The normalized spacial score (nSPS) is 28.2. The van der Waals surface area contributed by atoms with Gasteiger partial charge in [-0.1, -0.05) is 74.2 Å². The number of benzene rings is 2. The van der Waals surface area contributed by atoms with Gasteiger partial charge in [0.25, 0.3) is 0 Å². The highest BCUT2D eigenvalue weighted by Gasteiger charge is 2.52. The van der Waals surface area contributed by atoms with Crippen molar-refractivity contribution in [2.24, 2.45) is 11.7 Å². The van der Waals surface area contributed by atoms with E-state index in [1.54, 1.807) is 9.80 Å². The van der Waals surface area contributed by atoms with Gasteiger partial charge < -0.3 is 46.5 Å². The second kappa shape index (κ2) is 20.0.